The Kier molecular flexibility index (Phi) is 5.74. The maximum atomic E-state index is 5.42. The van der Waals surface area contributed by atoms with Crippen molar-refractivity contribution in [1.29, 1.82) is 0 Å². The van der Waals surface area contributed by atoms with E-state index in [0.29, 0.717) is 5.11 Å². The molecular weight excluding hydrogens is 382 g/mol. The summed E-state index contributed by atoms with van der Waals surface area (Å²) in [5.74, 6) is 0. The first-order chi connectivity index (χ1) is 11.6. The van der Waals surface area contributed by atoms with Crippen LogP contribution in [0.15, 0.2) is 53.0 Å². The molecule has 5 heteroatoms. The molecule has 24 heavy (non-hydrogen) atoms. The minimum atomic E-state index is 0.157. The van der Waals surface area contributed by atoms with Gasteiger partial charge in [0.1, 0.15) is 0 Å². The summed E-state index contributed by atoms with van der Waals surface area (Å²) in [6.45, 7) is 4.47. The molecule has 3 nitrogen and oxygen atoms in total. The largest absolute Gasteiger partial charge is 0.372 e. The summed E-state index contributed by atoms with van der Waals surface area (Å²) in [5.41, 5.74) is 3.52. The van der Waals surface area contributed by atoms with Crippen molar-refractivity contribution in [3.63, 3.8) is 0 Å². The van der Waals surface area contributed by atoms with Crippen molar-refractivity contribution in [1.82, 2.24) is 5.32 Å². The average Bonchev–Trinajstić information content (AvgIpc) is 3.09. The molecule has 0 saturated carbocycles. The summed E-state index contributed by atoms with van der Waals surface area (Å²) in [5, 5.41) is 7.20. The molecule has 2 aromatic carbocycles. The van der Waals surface area contributed by atoms with Crippen LogP contribution < -0.4 is 15.5 Å². The van der Waals surface area contributed by atoms with E-state index in [1.807, 2.05) is 24.3 Å². The number of hydrogen-bond donors (Lipinski definition) is 2. The number of rotatable bonds is 4. The highest BCUT2D eigenvalue weighted by Crippen LogP contribution is 2.23. The maximum Gasteiger partial charge on any atom is 0.171 e. The van der Waals surface area contributed by atoms with Crippen LogP contribution in [0, 0.1) is 0 Å². The van der Waals surface area contributed by atoms with E-state index in [9.17, 15) is 0 Å². The zero-order valence-corrected chi connectivity index (χ0v) is 16.2. The number of benzene rings is 2. The first-order valence-corrected chi connectivity index (χ1v) is 9.50. The minimum Gasteiger partial charge on any atom is -0.372 e. The molecule has 1 aliphatic heterocycles. The van der Waals surface area contributed by atoms with E-state index in [1.54, 1.807) is 0 Å². The summed E-state index contributed by atoms with van der Waals surface area (Å²) < 4.78 is 1.03. The van der Waals surface area contributed by atoms with Crippen LogP contribution in [-0.4, -0.2) is 18.2 Å². The SMILES string of the molecule is CC(NC(=S)Nc1cccc(Br)c1)c1ccc(N2CCCC2)cc1. The standard InChI is InChI=1S/C19H22BrN3S/c1-14(21-19(24)22-17-6-4-5-16(20)13-17)15-7-9-18(10-8-15)23-11-2-3-12-23/h4-10,13-14H,2-3,11-12H2,1H3,(H2,21,22,24). The van der Waals surface area contributed by atoms with Gasteiger partial charge in [0.2, 0.25) is 0 Å². The molecule has 0 bridgehead atoms. The van der Waals surface area contributed by atoms with Gasteiger partial charge in [-0.25, -0.2) is 0 Å². The highest BCUT2D eigenvalue weighted by atomic mass is 79.9. The van der Waals surface area contributed by atoms with Crippen LogP contribution in [0.25, 0.3) is 0 Å². The van der Waals surface area contributed by atoms with Gasteiger partial charge in [0, 0.05) is 28.9 Å². The summed E-state index contributed by atoms with van der Waals surface area (Å²) >= 11 is 8.89. The van der Waals surface area contributed by atoms with Crippen LogP contribution >= 0.6 is 28.1 Å². The lowest BCUT2D eigenvalue weighted by molar-refractivity contribution is 0.722. The summed E-state index contributed by atoms with van der Waals surface area (Å²) in [6.07, 6.45) is 2.60. The molecule has 1 heterocycles. The van der Waals surface area contributed by atoms with Crippen LogP contribution in [0.4, 0.5) is 11.4 Å². The molecule has 0 amide bonds. The summed E-state index contributed by atoms with van der Waals surface area (Å²) in [7, 11) is 0. The Labute approximate surface area is 157 Å². The quantitative estimate of drug-likeness (QED) is 0.694. The lowest BCUT2D eigenvalue weighted by Gasteiger charge is -2.20. The number of nitrogens with zero attached hydrogens (tertiary/aromatic N) is 1. The van der Waals surface area contributed by atoms with Crippen molar-refractivity contribution in [3.05, 3.63) is 58.6 Å². The van der Waals surface area contributed by atoms with E-state index >= 15 is 0 Å². The Hall–Kier alpha value is -1.59. The molecule has 0 aromatic heterocycles. The van der Waals surface area contributed by atoms with Gasteiger partial charge in [-0.2, -0.15) is 0 Å². The smallest absolute Gasteiger partial charge is 0.171 e. The normalized spacial score (nSPS) is 15.2. The van der Waals surface area contributed by atoms with Gasteiger partial charge < -0.3 is 15.5 Å². The maximum absolute atomic E-state index is 5.42. The number of anilines is 2. The fourth-order valence-corrected chi connectivity index (χ4v) is 3.66. The van der Waals surface area contributed by atoms with Crippen molar-refractivity contribution < 1.29 is 0 Å². The molecule has 1 fully saturated rings. The third-order valence-corrected chi connectivity index (χ3v) is 5.01. The molecule has 1 aliphatic rings. The molecule has 1 saturated heterocycles. The highest BCUT2D eigenvalue weighted by molar-refractivity contribution is 9.10. The van der Waals surface area contributed by atoms with Crippen molar-refractivity contribution >= 4 is 44.6 Å². The molecule has 3 rings (SSSR count). The predicted molar refractivity (Wildman–Crippen MR) is 110 cm³/mol. The first kappa shape index (κ1) is 17.2. The number of nitrogens with one attached hydrogen (secondary N) is 2. The predicted octanol–water partition coefficient (Wildman–Crippen LogP) is 5.10. The average molecular weight is 404 g/mol. The molecular formula is C19H22BrN3S. The molecule has 1 atom stereocenters. The van der Waals surface area contributed by atoms with E-state index in [4.69, 9.17) is 12.2 Å². The van der Waals surface area contributed by atoms with Gasteiger partial charge in [-0.05, 0) is 67.9 Å². The van der Waals surface area contributed by atoms with E-state index in [-0.39, 0.29) is 6.04 Å². The van der Waals surface area contributed by atoms with Crippen molar-refractivity contribution in [2.45, 2.75) is 25.8 Å². The van der Waals surface area contributed by atoms with E-state index in [1.165, 1.54) is 37.2 Å². The number of hydrogen-bond acceptors (Lipinski definition) is 2. The van der Waals surface area contributed by atoms with Crippen molar-refractivity contribution in [3.8, 4) is 0 Å². The van der Waals surface area contributed by atoms with Gasteiger partial charge >= 0.3 is 0 Å². The zero-order chi connectivity index (χ0) is 16.9. The Morgan fingerprint density at radius 1 is 1.12 bits per heavy atom. The second-order valence-corrected chi connectivity index (χ2v) is 7.44. The molecule has 0 radical (unpaired) electrons. The van der Waals surface area contributed by atoms with Gasteiger partial charge in [0.15, 0.2) is 5.11 Å². The van der Waals surface area contributed by atoms with Crippen LogP contribution in [0.5, 0.6) is 0 Å². The van der Waals surface area contributed by atoms with Crippen LogP contribution in [-0.2, 0) is 0 Å². The van der Waals surface area contributed by atoms with Crippen molar-refractivity contribution in [2.24, 2.45) is 0 Å². The highest BCUT2D eigenvalue weighted by Gasteiger charge is 2.13. The number of halogens is 1. The second-order valence-electron chi connectivity index (χ2n) is 6.12. The fraction of sp³-hybridized carbons (Fsp3) is 0.316. The first-order valence-electron chi connectivity index (χ1n) is 8.30. The zero-order valence-electron chi connectivity index (χ0n) is 13.8. The van der Waals surface area contributed by atoms with Gasteiger partial charge in [0.25, 0.3) is 0 Å². The van der Waals surface area contributed by atoms with E-state index < -0.39 is 0 Å². The van der Waals surface area contributed by atoms with Crippen LogP contribution in [0.3, 0.4) is 0 Å². The van der Waals surface area contributed by atoms with Crippen LogP contribution in [0.2, 0.25) is 0 Å². The molecule has 2 N–H and O–H groups in total. The minimum absolute atomic E-state index is 0.157. The Morgan fingerprint density at radius 3 is 2.50 bits per heavy atom. The van der Waals surface area contributed by atoms with E-state index in [0.717, 1.165) is 10.2 Å². The molecule has 126 valence electrons. The fourth-order valence-electron chi connectivity index (χ4n) is 2.96. The van der Waals surface area contributed by atoms with Gasteiger partial charge in [0.05, 0.1) is 6.04 Å². The van der Waals surface area contributed by atoms with Crippen molar-refractivity contribution in [2.75, 3.05) is 23.3 Å². The lowest BCUT2D eigenvalue weighted by atomic mass is 10.1. The topological polar surface area (TPSA) is 27.3 Å². The van der Waals surface area contributed by atoms with Gasteiger partial charge in [-0.3, -0.25) is 0 Å². The number of thiocarbonyl (C=S) groups is 1. The molecule has 0 spiro atoms. The third-order valence-electron chi connectivity index (χ3n) is 4.29. The van der Waals surface area contributed by atoms with Gasteiger partial charge in [-0.15, -0.1) is 0 Å². The molecule has 0 aliphatic carbocycles. The monoisotopic (exact) mass is 403 g/mol. The van der Waals surface area contributed by atoms with Crippen LogP contribution in [0.1, 0.15) is 31.4 Å². The Balaban J connectivity index is 1.57. The lowest BCUT2D eigenvalue weighted by Crippen LogP contribution is -2.30. The van der Waals surface area contributed by atoms with E-state index in [2.05, 4.69) is 62.7 Å². The summed E-state index contributed by atoms with van der Waals surface area (Å²) in [4.78, 5) is 2.45. The third kappa shape index (κ3) is 4.48. The molecule has 2 aromatic rings. The Morgan fingerprint density at radius 2 is 1.83 bits per heavy atom. The summed E-state index contributed by atoms with van der Waals surface area (Å²) in [6, 6.07) is 16.9. The van der Waals surface area contributed by atoms with Gasteiger partial charge in [-0.1, -0.05) is 34.1 Å². The molecule has 1 unspecified atom stereocenters. The Bertz CT molecular complexity index is 696. The second kappa shape index (κ2) is 7.99.